The number of benzene rings is 1. The normalized spacial score (nSPS) is 11.0. The van der Waals surface area contributed by atoms with Gasteiger partial charge in [-0.25, -0.2) is 0 Å². The molecule has 2 N–H and O–H groups in total. The minimum Gasteiger partial charge on any atom is -0.356 e. The first-order valence-corrected chi connectivity index (χ1v) is 7.46. The van der Waals surface area contributed by atoms with Gasteiger partial charge in [0, 0.05) is 29.9 Å². The van der Waals surface area contributed by atoms with Gasteiger partial charge in [-0.2, -0.15) is 0 Å². The zero-order valence-electron chi connectivity index (χ0n) is 12.8. The van der Waals surface area contributed by atoms with Gasteiger partial charge in [-0.1, -0.05) is 44.5 Å². The van der Waals surface area contributed by atoms with Gasteiger partial charge in [-0.3, -0.25) is 9.59 Å². The maximum Gasteiger partial charge on any atom is 0.225 e. The number of carbonyl (C=O) groups is 2. The number of nitrogens with one attached hydrogen (secondary N) is 2. The van der Waals surface area contributed by atoms with E-state index in [0.29, 0.717) is 31.0 Å². The summed E-state index contributed by atoms with van der Waals surface area (Å²) in [7, 11) is 0. The summed E-state index contributed by atoms with van der Waals surface area (Å²) < 4.78 is 0. The molecule has 0 fully saturated rings. The molecule has 0 unspecified atom stereocenters. The third kappa shape index (κ3) is 7.14. The van der Waals surface area contributed by atoms with Gasteiger partial charge in [0.25, 0.3) is 0 Å². The van der Waals surface area contributed by atoms with E-state index in [0.717, 1.165) is 5.56 Å². The topological polar surface area (TPSA) is 58.2 Å². The van der Waals surface area contributed by atoms with Crippen LogP contribution in [0.4, 0.5) is 0 Å². The van der Waals surface area contributed by atoms with Crippen molar-refractivity contribution < 1.29 is 9.59 Å². The second-order valence-corrected chi connectivity index (χ2v) is 6.45. The fraction of sp³-hybridized carbons (Fsp3) is 0.500. The zero-order valence-corrected chi connectivity index (χ0v) is 13.6. The predicted molar refractivity (Wildman–Crippen MR) is 85.0 cm³/mol. The van der Waals surface area contributed by atoms with Crippen LogP contribution >= 0.6 is 11.6 Å². The quantitative estimate of drug-likeness (QED) is 0.794. The van der Waals surface area contributed by atoms with E-state index in [9.17, 15) is 9.59 Å². The van der Waals surface area contributed by atoms with Crippen molar-refractivity contribution in [3.8, 4) is 0 Å². The van der Waals surface area contributed by atoms with E-state index in [4.69, 9.17) is 11.6 Å². The van der Waals surface area contributed by atoms with Crippen LogP contribution < -0.4 is 10.6 Å². The fourth-order valence-corrected chi connectivity index (χ4v) is 1.73. The molecule has 21 heavy (non-hydrogen) atoms. The van der Waals surface area contributed by atoms with Gasteiger partial charge >= 0.3 is 0 Å². The number of hydrogen-bond acceptors (Lipinski definition) is 2. The van der Waals surface area contributed by atoms with E-state index in [1.165, 1.54) is 0 Å². The molecular formula is C16H23ClN2O2. The standard InChI is InChI=1S/C16H23ClN2O2/c1-16(2,3)15(21)18-10-4-5-14(20)19-11-12-6-8-13(17)9-7-12/h6-9H,4-5,10-11H2,1-3H3,(H,18,21)(H,19,20). The van der Waals surface area contributed by atoms with E-state index in [1.807, 2.05) is 32.9 Å². The summed E-state index contributed by atoms with van der Waals surface area (Å²) in [4.78, 5) is 23.3. The number of halogens is 1. The summed E-state index contributed by atoms with van der Waals surface area (Å²) in [5.41, 5.74) is 0.616. The Morgan fingerprint density at radius 3 is 2.29 bits per heavy atom. The third-order valence-electron chi connectivity index (χ3n) is 2.95. The van der Waals surface area contributed by atoms with E-state index in [1.54, 1.807) is 12.1 Å². The summed E-state index contributed by atoms with van der Waals surface area (Å²) >= 11 is 5.79. The van der Waals surface area contributed by atoms with Gasteiger partial charge in [0.2, 0.25) is 11.8 Å². The van der Waals surface area contributed by atoms with Crippen LogP contribution in [0.3, 0.4) is 0 Å². The maximum absolute atomic E-state index is 11.7. The lowest BCUT2D eigenvalue weighted by Gasteiger charge is -2.17. The van der Waals surface area contributed by atoms with Gasteiger partial charge < -0.3 is 10.6 Å². The SMILES string of the molecule is CC(C)(C)C(=O)NCCCC(=O)NCc1ccc(Cl)cc1. The second kappa shape index (κ2) is 8.03. The van der Waals surface area contributed by atoms with E-state index < -0.39 is 5.41 Å². The first-order chi connectivity index (χ1) is 9.79. The largest absolute Gasteiger partial charge is 0.356 e. The molecular weight excluding hydrogens is 288 g/mol. The van der Waals surface area contributed by atoms with Crippen molar-refractivity contribution in [1.82, 2.24) is 10.6 Å². The smallest absolute Gasteiger partial charge is 0.225 e. The number of hydrogen-bond donors (Lipinski definition) is 2. The minimum absolute atomic E-state index is 0.00377. The van der Waals surface area contributed by atoms with Crippen LogP contribution in [0.25, 0.3) is 0 Å². The van der Waals surface area contributed by atoms with Gasteiger partial charge in [-0.15, -0.1) is 0 Å². The van der Waals surface area contributed by atoms with Crippen LogP contribution in [0.1, 0.15) is 39.2 Å². The minimum atomic E-state index is -0.392. The summed E-state index contributed by atoms with van der Waals surface area (Å²) in [6.07, 6.45) is 1.03. The lowest BCUT2D eigenvalue weighted by molar-refractivity contribution is -0.128. The van der Waals surface area contributed by atoms with Crippen LogP contribution in [0.2, 0.25) is 5.02 Å². The highest BCUT2D eigenvalue weighted by Gasteiger charge is 2.20. The molecule has 0 heterocycles. The average Bonchev–Trinajstić information content (AvgIpc) is 2.41. The van der Waals surface area contributed by atoms with E-state index in [2.05, 4.69) is 10.6 Å². The van der Waals surface area contributed by atoms with Crippen LogP contribution in [0.15, 0.2) is 24.3 Å². The molecule has 0 radical (unpaired) electrons. The Bertz CT molecular complexity index is 478. The number of rotatable bonds is 6. The molecule has 116 valence electrons. The van der Waals surface area contributed by atoms with Crippen molar-refractivity contribution in [3.63, 3.8) is 0 Å². The molecule has 1 rings (SSSR count). The molecule has 0 atom stereocenters. The Hall–Kier alpha value is -1.55. The Labute approximate surface area is 131 Å². The van der Waals surface area contributed by atoms with Crippen molar-refractivity contribution >= 4 is 23.4 Å². The molecule has 0 aliphatic rings. The summed E-state index contributed by atoms with van der Waals surface area (Å²) in [6, 6.07) is 7.36. The summed E-state index contributed by atoms with van der Waals surface area (Å²) in [6.45, 7) is 6.60. The molecule has 0 aliphatic carbocycles. The van der Waals surface area contributed by atoms with Crippen molar-refractivity contribution in [2.24, 2.45) is 5.41 Å². The van der Waals surface area contributed by atoms with Gasteiger partial charge in [0.05, 0.1) is 0 Å². The Morgan fingerprint density at radius 1 is 1.10 bits per heavy atom. The van der Waals surface area contributed by atoms with Crippen molar-refractivity contribution in [1.29, 1.82) is 0 Å². The van der Waals surface area contributed by atoms with Gasteiger partial charge in [0.1, 0.15) is 0 Å². The predicted octanol–water partition coefficient (Wildman–Crippen LogP) is 2.90. The third-order valence-corrected chi connectivity index (χ3v) is 3.20. The first-order valence-electron chi connectivity index (χ1n) is 7.08. The molecule has 0 saturated carbocycles. The fourth-order valence-electron chi connectivity index (χ4n) is 1.61. The van der Waals surface area contributed by atoms with Crippen LogP contribution in [-0.4, -0.2) is 18.4 Å². The monoisotopic (exact) mass is 310 g/mol. The lowest BCUT2D eigenvalue weighted by Crippen LogP contribution is -2.35. The molecule has 4 nitrogen and oxygen atoms in total. The average molecular weight is 311 g/mol. The van der Waals surface area contributed by atoms with E-state index in [-0.39, 0.29) is 11.8 Å². The summed E-state index contributed by atoms with van der Waals surface area (Å²) in [5.74, 6) is -0.0148. The van der Waals surface area contributed by atoms with Crippen LogP contribution in [0.5, 0.6) is 0 Å². The molecule has 0 spiro atoms. The number of carbonyl (C=O) groups excluding carboxylic acids is 2. The number of amides is 2. The molecule has 0 aromatic heterocycles. The molecule has 0 saturated heterocycles. The van der Waals surface area contributed by atoms with Crippen molar-refractivity contribution in [2.45, 2.75) is 40.2 Å². The molecule has 1 aromatic carbocycles. The zero-order chi connectivity index (χ0) is 15.9. The summed E-state index contributed by atoms with van der Waals surface area (Å²) in [5, 5.41) is 6.35. The highest BCUT2D eigenvalue weighted by molar-refractivity contribution is 6.30. The Morgan fingerprint density at radius 2 is 1.71 bits per heavy atom. The molecule has 5 heteroatoms. The first kappa shape index (κ1) is 17.5. The molecule has 0 aliphatic heterocycles. The van der Waals surface area contributed by atoms with Crippen LogP contribution in [-0.2, 0) is 16.1 Å². The second-order valence-electron chi connectivity index (χ2n) is 6.01. The molecule has 0 bridgehead atoms. The van der Waals surface area contributed by atoms with Crippen molar-refractivity contribution in [2.75, 3.05) is 6.54 Å². The van der Waals surface area contributed by atoms with Crippen molar-refractivity contribution in [3.05, 3.63) is 34.9 Å². The van der Waals surface area contributed by atoms with Crippen LogP contribution in [0, 0.1) is 5.41 Å². The highest BCUT2D eigenvalue weighted by atomic mass is 35.5. The molecule has 1 aromatic rings. The van der Waals surface area contributed by atoms with E-state index >= 15 is 0 Å². The Kier molecular flexibility index (Phi) is 6.69. The lowest BCUT2D eigenvalue weighted by atomic mass is 9.96. The van der Waals surface area contributed by atoms with Gasteiger partial charge in [-0.05, 0) is 24.1 Å². The Balaban J connectivity index is 2.17. The molecule has 2 amide bonds. The van der Waals surface area contributed by atoms with Gasteiger partial charge in [0.15, 0.2) is 0 Å². The maximum atomic E-state index is 11.7. The highest BCUT2D eigenvalue weighted by Crippen LogP contribution is 2.12.